The van der Waals surface area contributed by atoms with Gasteiger partial charge >= 0.3 is 0 Å². The predicted molar refractivity (Wildman–Crippen MR) is 51.2 cm³/mol. The number of rotatable bonds is 5. The first-order valence-electron chi connectivity index (χ1n) is 4.10. The largest absolute Gasteiger partial charge is 0.323 e. The predicted octanol–water partition coefficient (Wildman–Crippen LogP) is 0.741. The summed E-state index contributed by atoms with van der Waals surface area (Å²) in [5, 5.41) is 12.4. The third-order valence-corrected chi connectivity index (χ3v) is 2.33. The molecule has 0 heterocycles. The van der Waals surface area contributed by atoms with Gasteiger partial charge in [-0.05, 0) is 13.3 Å². The molecule has 0 rings (SSSR count). The number of hydrogen-bond acceptors (Lipinski definition) is 4. The Morgan fingerprint density at radius 1 is 1.54 bits per heavy atom. The summed E-state index contributed by atoms with van der Waals surface area (Å²) in [6.07, 6.45) is 0.579. The van der Waals surface area contributed by atoms with Crippen LogP contribution in [0, 0.1) is 0 Å². The van der Waals surface area contributed by atoms with Gasteiger partial charge in [0.15, 0.2) is 0 Å². The number of nitrogens with zero attached hydrogens (tertiary/aromatic N) is 1. The Labute approximate surface area is 78.4 Å². The molecular weight excluding hydrogens is 191 g/mol. The van der Waals surface area contributed by atoms with Crippen molar-refractivity contribution in [2.45, 2.75) is 13.3 Å². The van der Waals surface area contributed by atoms with Gasteiger partial charge < -0.3 is 4.57 Å². The van der Waals surface area contributed by atoms with E-state index in [-0.39, 0.29) is 19.0 Å². The van der Waals surface area contributed by atoms with Crippen molar-refractivity contribution >= 4 is 13.0 Å². The highest BCUT2D eigenvalue weighted by Crippen LogP contribution is 2.33. The van der Waals surface area contributed by atoms with Crippen molar-refractivity contribution in [2.24, 2.45) is 0 Å². The van der Waals surface area contributed by atoms with Gasteiger partial charge in [-0.25, -0.2) is 5.06 Å². The molecule has 0 aromatic heterocycles. The van der Waals surface area contributed by atoms with Gasteiger partial charge in [-0.2, -0.15) is 0 Å². The van der Waals surface area contributed by atoms with Crippen LogP contribution in [0.15, 0.2) is 0 Å². The maximum atomic E-state index is 11.2. The standard InChI is InChI=1S/C7H17N2O3P/c1-4-7(10)9(11)5-8-6-13(2,3)12/h8,11H,4-6H2,1-3H3. The maximum absolute atomic E-state index is 11.2. The minimum absolute atomic E-state index is 0.0261. The lowest BCUT2D eigenvalue weighted by Gasteiger charge is -2.15. The smallest absolute Gasteiger partial charge is 0.246 e. The molecule has 0 aromatic carbocycles. The van der Waals surface area contributed by atoms with Crippen LogP contribution in [0.3, 0.4) is 0 Å². The van der Waals surface area contributed by atoms with Crippen LogP contribution in [0.1, 0.15) is 13.3 Å². The average molecular weight is 208 g/mol. The number of hydroxylamine groups is 2. The van der Waals surface area contributed by atoms with E-state index in [0.717, 1.165) is 0 Å². The minimum atomic E-state index is -2.12. The van der Waals surface area contributed by atoms with E-state index in [1.54, 1.807) is 20.3 Å². The molecule has 0 radical (unpaired) electrons. The first-order valence-corrected chi connectivity index (χ1v) is 6.89. The molecule has 0 saturated carbocycles. The summed E-state index contributed by atoms with van der Waals surface area (Å²) in [7, 11) is -2.12. The molecule has 0 fully saturated rings. The number of carbonyl (C=O) groups is 1. The van der Waals surface area contributed by atoms with Crippen LogP contribution in [0.5, 0.6) is 0 Å². The number of amides is 1. The first kappa shape index (κ1) is 12.6. The number of carbonyl (C=O) groups excluding carboxylic acids is 1. The molecule has 0 atom stereocenters. The molecule has 0 aliphatic heterocycles. The van der Waals surface area contributed by atoms with E-state index in [2.05, 4.69) is 5.32 Å². The Balaban J connectivity index is 3.66. The lowest BCUT2D eigenvalue weighted by Crippen LogP contribution is -2.36. The van der Waals surface area contributed by atoms with Gasteiger partial charge in [0, 0.05) is 6.42 Å². The molecule has 1 amide bonds. The molecule has 0 spiro atoms. The lowest BCUT2D eigenvalue weighted by molar-refractivity contribution is -0.166. The molecule has 0 aliphatic carbocycles. The Morgan fingerprint density at radius 3 is 2.46 bits per heavy atom. The Hall–Kier alpha value is -0.380. The molecule has 0 bridgehead atoms. The van der Waals surface area contributed by atoms with Crippen molar-refractivity contribution in [1.82, 2.24) is 10.4 Å². The van der Waals surface area contributed by atoms with Crippen LogP contribution in [-0.2, 0) is 9.36 Å². The zero-order chi connectivity index (χ0) is 10.5. The zero-order valence-corrected chi connectivity index (χ0v) is 9.17. The lowest BCUT2D eigenvalue weighted by atomic mass is 10.4. The fourth-order valence-corrected chi connectivity index (χ4v) is 1.33. The second-order valence-electron chi connectivity index (χ2n) is 3.29. The summed E-state index contributed by atoms with van der Waals surface area (Å²) in [4.78, 5) is 10.8. The van der Waals surface area contributed by atoms with Gasteiger partial charge in [-0.3, -0.25) is 15.3 Å². The Bertz CT molecular complexity index is 214. The van der Waals surface area contributed by atoms with Crippen LogP contribution in [0.25, 0.3) is 0 Å². The highest BCUT2D eigenvalue weighted by molar-refractivity contribution is 7.62. The van der Waals surface area contributed by atoms with E-state index in [1.807, 2.05) is 0 Å². The number of hydrogen-bond donors (Lipinski definition) is 2. The SMILES string of the molecule is CCC(=O)N(O)CNCP(C)(C)=O. The average Bonchev–Trinajstić information content (AvgIpc) is 2.00. The van der Waals surface area contributed by atoms with Crippen LogP contribution in [0.4, 0.5) is 0 Å². The van der Waals surface area contributed by atoms with Gasteiger partial charge in [-0.15, -0.1) is 0 Å². The molecule has 0 aromatic rings. The first-order chi connectivity index (χ1) is 5.87. The van der Waals surface area contributed by atoms with Crippen LogP contribution in [0.2, 0.25) is 0 Å². The van der Waals surface area contributed by atoms with E-state index < -0.39 is 7.14 Å². The summed E-state index contributed by atoms with van der Waals surface area (Å²) in [5.41, 5.74) is 0. The zero-order valence-electron chi connectivity index (χ0n) is 8.28. The van der Waals surface area contributed by atoms with E-state index in [0.29, 0.717) is 11.3 Å². The van der Waals surface area contributed by atoms with Crippen molar-refractivity contribution < 1.29 is 14.6 Å². The van der Waals surface area contributed by atoms with Gasteiger partial charge in [0.05, 0.1) is 20.1 Å². The summed E-state index contributed by atoms with van der Waals surface area (Å²) in [6.45, 7) is 4.97. The quantitative estimate of drug-likeness (QED) is 0.302. The van der Waals surface area contributed by atoms with E-state index >= 15 is 0 Å². The van der Waals surface area contributed by atoms with Crippen molar-refractivity contribution in [3.8, 4) is 0 Å². The monoisotopic (exact) mass is 208 g/mol. The molecule has 2 N–H and O–H groups in total. The fraction of sp³-hybridized carbons (Fsp3) is 0.857. The topological polar surface area (TPSA) is 69.6 Å². The molecule has 0 unspecified atom stereocenters. The van der Waals surface area contributed by atoms with Crippen molar-refractivity contribution in [3.63, 3.8) is 0 Å². The summed E-state index contributed by atoms with van der Waals surface area (Å²) in [6, 6.07) is 0. The molecular formula is C7H17N2O3P. The highest BCUT2D eigenvalue weighted by Gasteiger charge is 2.10. The third-order valence-electron chi connectivity index (χ3n) is 1.34. The summed E-state index contributed by atoms with van der Waals surface area (Å²) >= 11 is 0. The second-order valence-corrected chi connectivity index (χ2v) is 6.75. The summed E-state index contributed by atoms with van der Waals surface area (Å²) in [5.74, 6) is -0.352. The van der Waals surface area contributed by atoms with Crippen molar-refractivity contribution in [3.05, 3.63) is 0 Å². The molecule has 0 saturated heterocycles. The van der Waals surface area contributed by atoms with Gasteiger partial charge in [0.1, 0.15) is 0 Å². The normalized spacial score (nSPS) is 11.4. The van der Waals surface area contributed by atoms with Gasteiger partial charge in [0.25, 0.3) is 0 Å². The highest BCUT2D eigenvalue weighted by atomic mass is 31.2. The summed E-state index contributed by atoms with van der Waals surface area (Å²) < 4.78 is 11.2. The van der Waals surface area contributed by atoms with E-state index in [1.165, 1.54) is 0 Å². The number of nitrogens with one attached hydrogen (secondary N) is 1. The minimum Gasteiger partial charge on any atom is -0.323 e. The molecule has 0 aliphatic rings. The van der Waals surface area contributed by atoms with Gasteiger partial charge in [0.2, 0.25) is 5.91 Å². The van der Waals surface area contributed by atoms with Crippen LogP contribution >= 0.6 is 7.14 Å². The molecule has 5 nitrogen and oxygen atoms in total. The van der Waals surface area contributed by atoms with E-state index in [4.69, 9.17) is 5.21 Å². The van der Waals surface area contributed by atoms with Crippen LogP contribution in [-0.4, -0.2) is 42.5 Å². The molecule has 13 heavy (non-hydrogen) atoms. The van der Waals surface area contributed by atoms with Crippen molar-refractivity contribution in [2.75, 3.05) is 26.3 Å². The van der Waals surface area contributed by atoms with Crippen molar-refractivity contribution in [1.29, 1.82) is 0 Å². The third kappa shape index (κ3) is 6.75. The molecule has 78 valence electrons. The van der Waals surface area contributed by atoms with Gasteiger partial charge in [-0.1, -0.05) is 6.92 Å². The maximum Gasteiger partial charge on any atom is 0.246 e. The van der Waals surface area contributed by atoms with E-state index in [9.17, 15) is 9.36 Å². The second kappa shape index (κ2) is 5.37. The molecule has 6 heteroatoms. The Morgan fingerprint density at radius 2 is 2.08 bits per heavy atom. The fourth-order valence-electron chi connectivity index (χ4n) is 0.696. The van der Waals surface area contributed by atoms with Crippen LogP contribution < -0.4 is 5.32 Å². The Kier molecular flexibility index (Phi) is 5.21.